The molecule has 1 fully saturated rings. The number of hydrogen-bond donors (Lipinski definition) is 1. The third-order valence-electron chi connectivity index (χ3n) is 4.62. The Balaban J connectivity index is 1.50. The highest BCUT2D eigenvalue weighted by Crippen LogP contribution is 2.30. The van der Waals surface area contributed by atoms with Crippen LogP contribution in [-0.4, -0.2) is 21.9 Å². The fraction of sp³-hybridized carbons (Fsp3) is 0.250. The van der Waals surface area contributed by atoms with E-state index >= 15 is 0 Å². The van der Waals surface area contributed by atoms with Gasteiger partial charge in [0.15, 0.2) is 0 Å². The number of alkyl halides is 3. The van der Waals surface area contributed by atoms with Crippen LogP contribution in [0.1, 0.15) is 35.3 Å². The summed E-state index contributed by atoms with van der Waals surface area (Å²) in [5.74, 6) is 0.269. The summed E-state index contributed by atoms with van der Waals surface area (Å²) >= 11 is 0. The van der Waals surface area contributed by atoms with Gasteiger partial charge < -0.3 is 10.1 Å². The molecule has 0 aliphatic heterocycles. The van der Waals surface area contributed by atoms with Gasteiger partial charge in [-0.05, 0) is 49.6 Å². The van der Waals surface area contributed by atoms with Gasteiger partial charge in [-0.3, -0.25) is 4.79 Å². The van der Waals surface area contributed by atoms with E-state index < -0.39 is 11.7 Å². The predicted molar refractivity (Wildman–Crippen MR) is 96.2 cm³/mol. The van der Waals surface area contributed by atoms with Crippen LogP contribution in [0.25, 0.3) is 10.9 Å². The van der Waals surface area contributed by atoms with Gasteiger partial charge in [-0.2, -0.15) is 13.2 Å². The number of benzene rings is 1. The van der Waals surface area contributed by atoms with Crippen molar-refractivity contribution in [1.82, 2.24) is 15.3 Å². The van der Waals surface area contributed by atoms with E-state index in [1.807, 2.05) is 0 Å². The molecule has 0 saturated heterocycles. The lowest BCUT2D eigenvalue weighted by molar-refractivity contribution is -0.137. The molecule has 4 rings (SSSR count). The first-order chi connectivity index (χ1) is 13.4. The number of rotatable bonds is 4. The van der Waals surface area contributed by atoms with Crippen molar-refractivity contribution in [3.05, 3.63) is 59.9 Å². The number of carbonyl (C=O) groups is 1. The lowest BCUT2D eigenvalue weighted by Crippen LogP contribution is -2.39. The van der Waals surface area contributed by atoms with Crippen LogP contribution in [0.15, 0.2) is 48.7 Å². The average Bonchev–Trinajstić information content (AvgIpc) is 2.64. The lowest BCUT2D eigenvalue weighted by Gasteiger charge is -2.26. The number of hydrogen-bond acceptors (Lipinski definition) is 4. The summed E-state index contributed by atoms with van der Waals surface area (Å²) in [4.78, 5) is 20.3. The lowest BCUT2D eigenvalue weighted by atomic mass is 9.93. The van der Waals surface area contributed by atoms with E-state index in [1.165, 1.54) is 6.07 Å². The molecule has 0 spiro atoms. The van der Waals surface area contributed by atoms with E-state index in [9.17, 15) is 18.0 Å². The molecule has 0 bridgehead atoms. The predicted octanol–water partition coefficient (Wildman–Crippen LogP) is 4.72. The van der Waals surface area contributed by atoms with Crippen LogP contribution in [0.3, 0.4) is 0 Å². The maximum absolute atomic E-state index is 12.6. The molecule has 0 radical (unpaired) electrons. The maximum atomic E-state index is 12.6. The Labute approximate surface area is 158 Å². The summed E-state index contributed by atoms with van der Waals surface area (Å²) in [5, 5.41) is 3.68. The van der Waals surface area contributed by atoms with Crippen LogP contribution in [0.5, 0.6) is 11.6 Å². The largest absolute Gasteiger partial charge is 0.439 e. The summed E-state index contributed by atoms with van der Waals surface area (Å²) in [7, 11) is 0. The van der Waals surface area contributed by atoms with Crippen LogP contribution in [0, 0.1) is 0 Å². The number of carbonyl (C=O) groups excluding carboxylic acids is 1. The second-order valence-electron chi connectivity index (χ2n) is 6.64. The number of aromatic nitrogens is 2. The normalized spacial score (nSPS) is 14.5. The summed E-state index contributed by atoms with van der Waals surface area (Å²) in [6.45, 7) is 0. The van der Waals surface area contributed by atoms with Crippen molar-refractivity contribution in [3.8, 4) is 11.6 Å². The molecule has 5 nitrogen and oxygen atoms in total. The molecule has 1 N–H and O–H groups in total. The van der Waals surface area contributed by atoms with E-state index in [0.717, 1.165) is 36.9 Å². The van der Waals surface area contributed by atoms with Gasteiger partial charge in [0.05, 0.1) is 11.1 Å². The van der Waals surface area contributed by atoms with Gasteiger partial charge in [-0.15, -0.1) is 0 Å². The number of halogens is 3. The minimum Gasteiger partial charge on any atom is -0.439 e. The smallest absolute Gasteiger partial charge is 0.417 e. The van der Waals surface area contributed by atoms with Crippen molar-refractivity contribution in [2.45, 2.75) is 31.5 Å². The summed E-state index contributed by atoms with van der Waals surface area (Å²) in [6, 6.07) is 10.7. The summed E-state index contributed by atoms with van der Waals surface area (Å²) in [5.41, 5.74) is 0.127. The van der Waals surface area contributed by atoms with Crippen molar-refractivity contribution >= 4 is 16.8 Å². The molecule has 2 heterocycles. The van der Waals surface area contributed by atoms with Gasteiger partial charge in [0.2, 0.25) is 5.88 Å². The van der Waals surface area contributed by atoms with E-state index in [0.29, 0.717) is 17.0 Å². The number of pyridine rings is 2. The molecule has 1 amide bonds. The van der Waals surface area contributed by atoms with Gasteiger partial charge in [0, 0.05) is 23.7 Å². The molecule has 8 heteroatoms. The number of amides is 1. The molecule has 0 unspecified atom stereocenters. The first kappa shape index (κ1) is 18.2. The van der Waals surface area contributed by atoms with Gasteiger partial charge in [-0.25, -0.2) is 9.97 Å². The van der Waals surface area contributed by atoms with Gasteiger partial charge in [-0.1, -0.05) is 6.07 Å². The van der Waals surface area contributed by atoms with Crippen molar-refractivity contribution in [1.29, 1.82) is 0 Å². The summed E-state index contributed by atoms with van der Waals surface area (Å²) in [6.07, 6.45) is -0.587. The zero-order chi connectivity index (χ0) is 19.7. The molecule has 0 atom stereocenters. The molecule has 3 aromatic rings. The van der Waals surface area contributed by atoms with Crippen molar-refractivity contribution in [2.75, 3.05) is 0 Å². The number of fused-ring (bicyclic) bond motifs is 1. The Bertz CT molecular complexity index is 1020. The zero-order valence-corrected chi connectivity index (χ0v) is 14.7. The van der Waals surface area contributed by atoms with Gasteiger partial charge in [0.1, 0.15) is 11.4 Å². The highest BCUT2D eigenvalue weighted by Gasteiger charge is 2.30. The van der Waals surface area contributed by atoms with Gasteiger partial charge >= 0.3 is 6.18 Å². The van der Waals surface area contributed by atoms with Crippen molar-refractivity contribution < 1.29 is 22.7 Å². The Morgan fingerprint density at radius 3 is 2.57 bits per heavy atom. The molecule has 1 saturated carbocycles. The fourth-order valence-corrected chi connectivity index (χ4v) is 2.83. The molecular weight excluding hydrogens is 371 g/mol. The van der Waals surface area contributed by atoms with Crippen LogP contribution < -0.4 is 10.1 Å². The second-order valence-corrected chi connectivity index (χ2v) is 6.64. The third kappa shape index (κ3) is 3.90. The van der Waals surface area contributed by atoms with Crippen LogP contribution >= 0.6 is 0 Å². The van der Waals surface area contributed by atoms with Crippen molar-refractivity contribution in [2.24, 2.45) is 0 Å². The SMILES string of the molecule is O=C(NC1CCC1)c1ccc2cc(Oc3ccc(C(F)(F)F)cn3)ccc2n1. The first-order valence-electron chi connectivity index (χ1n) is 8.81. The molecule has 2 aromatic heterocycles. The van der Waals surface area contributed by atoms with Crippen LogP contribution in [0.2, 0.25) is 0 Å². The molecule has 144 valence electrons. The van der Waals surface area contributed by atoms with E-state index in [1.54, 1.807) is 30.3 Å². The van der Waals surface area contributed by atoms with E-state index in [2.05, 4.69) is 15.3 Å². The van der Waals surface area contributed by atoms with E-state index in [4.69, 9.17) is 4.74 Å². The quantitative estimate of drug-likeness (QED) is 0.703. The monoisotopic (exact) mass is 387 g/mol. The Morgan fingerprint density at radius 2 is 1.93 bits per heavy atom. The number of ether oxygens (including phenoxy) is 1. The molecular formula is C20H16F3N3O2. The topological polar surface area (TPSA) is 64.1 Å². The Hall–Kier alpha value is -3.16. The van der Waals surface area contributed by atoms with Crippen molar-refractivity contribution in [3.63, 3.8) is 0 Å². The summed E-state index contributed by atoms with van der Waals surface area (Å²) < 4.78 is 43.3. The first-order valence-corrected chi connectivity index (χ1v) is 8.81. The minimum absolute atomic E-state index is 0.0526. The Kier molecular flexibility index (Phi) is 4.62. The molecule has 28 heavy (non-hydrogen) atoms. The second kappa shape index (κ2) is 7.10. The molecule has 1 aliphatic carbocycles. The number of nitrogens with one attached hydrogen (secondary N) is 1. The highest BCUT2D eigenvalue weighted by atomic mass is 19.4. The Morgan fingerprint density at radius 1 is 1.11 bits per heavy atom. The molecule has 1 aliphatic rings. The number of nitrogens with zero attached hydrogens (tertiary/aromatic N) is 2. The molecule has 1 aromatic carbocycles. The minimum atomic E-state index is -4.44. The standard InChI is InChI=1S/C20H16F3N3O2/c21-20(22,23)13-5-9-18(24-11-13)28-15-6-8-16-12(10-15)4-7-17(26-16)19(27)25-14-2-1-3-14/h4-11,14H,1-3H2,(H,25,27). The highest BCUT2D eigenvalue weighted by molar-refractivity contribution is 5.95. The average molecular weight is 387 g/mol. The van der Waals surface area contributed by atoms with Gasteiger partial charge in [0.25, 0.3) is 5.91 Å². The fourth-order valence-electron chi connectivity index (χ4n) is 2.83. The zero-order valence-electron chi connectivity index (χ0n) is 14.7. The van der Waals surface area contributed by atoms with Crippen LogP contribution in [0.4, 0.5) is 13.2 Å². The van der Waals surface area contributed by atoms with E-state index in [-0.39, 0.29) is 17.8 Å². The third-order valence-corrected chi connectivity index (χ3v) is 4.62. The maximum Gasteiger partial charge on any atom is 0.417 e. The van der Waals surface area contributed by atoms with Crippen LogP contribution in [-0.2, 0) is 6.18 Å².